The maximum atomic E-state index is 11.5. The molecule has 1 fully saturated rings. The molecule has 1 heterocycles. The first-order valence-electron chi connectivity index (χ1n) is 5.10. The highest BCUT2D eigenvalue weighted by atomic mass is 16.4. The lowest BCUT2D eigenvalue weighted by atomic mass is 10.0. The topological polar surface area (TPSA) is 57.6 Å². The summed E-state index contributed by atoms with van der Waals surface area (Å²) in [5.74, 6) is -1.39. The Morgan fingerprint density at radius 1 is 1.64 bits per heavy atom. The van der Waals surface area contributed by atoms with Crippen molar-refractivity contribution in [2.75, 3.05) is 6.54 Å². The van der Waals surface area contributed by atoms with Crippen molar-refractivity contribution in [2.24, 2.45) is 5.92 Å². The van der Waals surface area contributed by atoms with Gasteiger partial charge in [0, 0.05) is 19.0 Å². The van der Waals surface area contributed by atoms with E-state index in [4.69, 9.17) is 5.11 Å². The van der Waals surface area contributed by atoms with Crippen molar-refractivity contribution in [2.45, 2.75) is 39.2 Å². The van der Waals surface area contributed by atoms with E-state index in [0.29, 0.717) is 6.54 Å². The zero-order valence-corrected chi connectivity index (χ0v) is 8.69. The second-order valence-electron chi connectivity index (χ2n) is 3.83. The highest BCUT2D eigenvalue weighted by Gasteiger charge is 2.40. The number of aliphatic carboxylic acids is 1. The van der Waals surface area contributed by atoms with Gasteiger partial charge in [0.05, 0.1) is 5.92 Å². The van der Waals surface area contributed by atoms with Gasteiger partial charge in [0.25, 0.3) is 0 Å². The molecule has 14 heavy (non-hydrogen) atoms. The molecule has 1 amide bonds. The summed E-state index contributed by atoms with van der Waals surface area (Å²) in [7, 11) is 0. The first-order valence-corrected chi connectivity index (χ1v) is 5.10. The molecule has 80 valence electrons. The zero-order valence-electron chi connectivity index (χ0n) is 8.69. The Labute approximate surface area is 83.9 Å². The summed E-state index contributed by atoms with van der Waals surface area (Å²) in [6.45, 7) is 4.57. The number of carboxylic acid groups (broad SMARTS) is 1. The van der Waals surface area contributed by atoms with Crippen molar-refractivity contribution in [3.05, 3.63) is 0 Å². The second-order valence-corrected chi connectivity index (χ2v) is 3.83. The van der Waals surface area contributed by atoms with E-state index in [0.717, 1.165) is 12.8 Å². The van der Waals surface area contributed by atoms with E-state index in [-0.39, 0.29) is 18.4 Å². The monoisotopic (exact) mass is 199 g/mol. The molecule has 0 unspecified atom stereocenters. The molecule has 1 aliphatic heterocycles. The third-order valence-electron chi connectivity index (χ3n) is 2.86. The van der Waals surface area contributed by atoms with Crippen molar-refractivity contribution in [3.8, 4) is 0 Å². The van der Waals surface area contributed by atoms with E-state index in [1.54, 1.807) is 4.90 Å². The van der Waals surface area contributed by atoms with Crippen LogP contribution in [0.15, 0.2) is 0 Å². The van der Waals surface area contributed by atoms with E-state index < -0.39 is 11.9 Å². The molecule has 1 aliphatic rings. The van der Waals surface area contributed by atoms with Crippen LogP contribution in [0, 0.1) is 5.92 Å². The third-order valence-corrected chi connectivity index (χ3v) is 2.86. The molecule has 0 saturated carbocycles. The molecule has 1 rings (SSSR count). The number of hydrogen-bond acceptors (Lipinski definition) is 2. The van der Waals surface area contributed by atoms with Gasteiger partial charge in [0.15, 0.2) is 0 Å². The molecule has 4 heteroatoms. The van der Waals surface area contributed by atoms with Crippen molar-refractivity contribution < 1.29 is 14.7 Å². The number of unbranched alkanes of at least 4 members (excludes halogenated alkanes) is 1. The van der Waals surface area contributed by atoms with Crippen molar-refractivity contribution in [3.63, 3.8) is 0 Å². The van der Waals surface area contributed by atoms with Gasteiger partial charge in [-0.05, 0) is 13.3 Å². The van der Waals surface area contributed by atoms with Crippen LogP contribution in [0.2, 0.25) is 0 Å². The highest BCUT2D eigenvalue weighted by Crippen LogP contribution is 2.25. The zero-order chi connectivity index (χ0) is 10.7. The summed E-state index contributed by atoms with van der Waals surface area (Å²) in [4.78, 5) is 24.0. The summed E-state index contributed by atoms with van der Waals surface area (Å²) in [5, 5.41) is 8.87. The fourth-order valence-electron chi connectivity index (χ4n) is 1.87. The minimum Gasteiger partial charge on any atom is -0.481 e. The predicted octanol–water partition coefficient (Wildman–Crippen LogP) is 1.11. The van der Waals surface area contributed by atoms with Gasteiger partial charge in [0.2, 0.25) is 5.91 Å². The standard InChI is InChI=1S/C10H17NO3/c1-3-4-5-11-7(2)8(10(13)14)6-9(11)12/h7-8H,3-6H2,1-2H3,(H,13,14)/t7-,8-/m0/s1. The van der Waals surface area contributed by atoms with Crippen LogP contribution in [-0.4, -0.2) is 34.5 Å². The average Bonchev–Trinajstić information content (AvgIpc) is 2.40. The summed E-state index contributed by atoms with van der Waals surface area (Å²) >= 11 is 0. The Kier molecular flexibility index (Phi) is 3.49. The summed E-state index contributed by atoms with van der Waals surface area (Å²) in [5.41, 5.74) is 0. The van der Waals surface area contributed by atoms with Crippen LogP contribution >= 0.6 is 0 Å². The van der Waals surface area contributed by atoms with Gasteiger partial charge in [-0.15, -0.1) is 0 Å². The Bertz CT molecular complexity index is 240. The normalized spacial score (nSPS) is 27.0. The number of rotatable bonds is 4. The summed E-state index contributed by atoms with van der Waals surface area (Å²) in [6.07, 6.45) is 2.14. The molecule has 2 atom stereocenters. The fraction of sp³-hybridized carbons (Fsp3) is 0.800. The molecule has 1 saturated heterocycles. The molecule has 1 N–H and O–H groups in total. The second kappa shape index (κ2) is 4.44. The summed E-state index contributed by atoms with van der Waals surface area (Å²) in [6, 6.07) is -0.147. The molecule has 0 aromatic rings. The van der Waals surface area contributed by atoms with Gasteiger partial charge < -0.3 is 10.0 Å². The number of nitrogens with zero attached hydrogens (tertiary/aromatic N) is 1. The Morgan fingerprint density at radius 2 is 2.29 bits per heavy atom. The number of carboxylic acids is 1. The van der Waals surface area contributed by atoms with E-state index in [2.05, 4.69) is 6.92 Å². The minimum atomic E-state index is -0.857. The molecule has 0 bridgehead atoms. The Morgan fingerprint density at radius 3 is 2.71 bits per heavy atom. The van der Waals surface area contributed by atoms with E-state index >= 15 is 0 Å². The van der Waals surface area contributed by atoms with Crippen molar-refractivity contribution in [1.82, 2.24) is 4.90 Å². The highest BCUT2D eigenvalue weighted by molar-refractivity contribution is 5.86. The quantitative estimate of drug-likeness (QED) is 0.737. The van der Waals surface area contributed by atoms with Crippen LogP contribution < -0.4 is 0 Å². The van der Waals surface area contributed by atoms with Crippen molar-refractivity contribution in [1.29, 1.82) is 0 Å². The van der Waals surface area contributed by atoms with Crippen LogP contribution in [0.5, 0.6) is 0 Å². The maximum absolute atomic E-state index is 11.5. The number of amides is 1. The van der Waals surface area contributed by atoms with E-state index in [9.17, 15) is 9.59 Å². The van der Waals surface area contributed by atoms with E-state index in [1.807, 2.05) is 6.92 Å². The Hall–Kier alpha value is -1.06. The molecule has 0 aliphatic carbocycles. The van der Waals surface area contributed by atoms with Gasteiger partial charge in [-0.2, -0.15) is 0 Å². The molecule has 0 aromatic heterocycles. The first-order chi connectivity index (χ1) is 6.57. The first kappa shape index (κ1) is 11.0. The number of carbonyl (C=O) groups is 2. The molecule has 4 nitrogen and oxygen atoms in total. The van der Waals surface area contributed by atoms with Gasteiger partial charge in [-0.1, -0.05) is 13.3 Å². The smallest absolute Gasteiger partial charge is 0.309 e. The lowest BCUT2D eigenvalue weighted by Crippen LogP contribution is -2.35. The average molecular weight is 199 g/mol. The lowest BCUT2D eigenvalue weighted by Gasteiger charge is -2.22. The summed E-state index contributed by atoms with van der Waals surface area (Å²) < 4.78 is 0. The third kappa shape index (κ3) is 2.05. The van der Waals surface area contributed by atoms with Gasteiger partial charge in [-0.25, -0.2) is 0 Å². The molecule has 0 radical (unpaired) electrons. The van der Waals surface area contributed by atoms with Crippen LogP contribution in [0.4, 0.5) is 0 Å². The predicted molar refractivity (Wildman–Crippen MR) is 51.8 cm³/mol. The Balaban J connectivity index is 2.60. The van der Waals surface area contributed by atoms with Gasteiger partial charge in [0.1, 0.15) is 0 Å². The van der Waals surface area contributed by atoms with E-state index in [1.165, 1.54) is 0 Å². The fourth-order valence-corrected chi connectivity index (χ4v) is 1.87. The van der Waals surface area contributed by atoms with Gasteiger partial charge in [-0.3, -0.25) is 9.59 Å². The largest absolute Gasteiger partial charge is 0.481 e. The molecule has 0 aromatic carbocycles. The lowest BCUT2D eigenvalue weighted by molar-refractivity contribution is -0.142. The SMILES string of the molecule is CCCCN1C(=O)C[C@H](C(=O)O)[C@@H]1C. The van der Waals surface area contributed by atoms with Crippen LogP contribution in [-0.2, 0) is 9.59 Å². The van der Waals surface area contributed by atoms with Crippen molar-refractivity contribution >= 4 is 11.9 Å². The van der Waals surface area contributed by atoms with Crippen LogP contribution in [0.25, 0.3) is 0 Å². The number of carbonyl (C=O) groups excluding carboxylic acids is 1. The number of hydrogen-bond donors (Lipinski definition) is 1. The molecule has 0 spiro atoms. The molecular weight excluding hydrogens is 182 g/mol. The van der Waals surface area contributed by atoms with Crippen LogP contribution in [0.1, 0.15) is 33.1 Å². The van der Waals surface area contributed by atoms with Gasteiger partial charge >= 0.3 is 5.97 Å². The minimum absolute atomic E-state index is 0.0154. The van der Waals surface area contributed by atoms with Crippen LogP contribution in [0.3, 0.4) is 0 Å². The number of likely N-dealkylation sites (tertiary alicyclic amines) is 1. The maximum Gasteiger partial charge on any atom is 0.309 e. The molecular formula is C10H17NO3.